The van der Waals surface area contributed by atoms with Gasteiger partial charge in [0.2, 0.25) is 0 Å². The summed E-state index contributed by atoms with van der Waals surface area (Å²) in [6, 6.07) is 0.909. The van der Waals surface area contributed by atoms with Gasteiger partial charge in [0.1, 0.15) is 0 Å². The van der Waals surface area contributed by atoms with E-state index in [9.17, 15) is 0 Å². The first kappa shape index (κ1) is 13.3. The second-order valence-electron chi connectivity index (χ2n) is 7.67. The van der Waals surface area contributed by atoms with Crippen molar-refractivity contribution < 1.29 is 0 Å². The summed E-state index contributed by atoms with van der Waals surface area (Å²) in [5, 5.41) is 0. The van der Waals surface area contributed by atoms with Crippen molar-refractivity contribution in [1.82, 2.24) is 9.80 Å². The molecule has 2 saturated heterocycles. The van der Waals surface area contributed by atoms with Gasteiger partial charge < -0.3 is 9.80 Å². The van der Waals surface area contributed by atoms with Crippen molar-refractivity contribution in [2.75, 3.05) is 32.7 Å². The highest BCUT2D eigenvalue weighted by Gasteiger charge is 2.37. The van der Waals surface area contributed by atoms with Crippen LogP contribution in [-0.2, 0) is 0 Å². The van der Waals surface area contributed by atoms with Crippen molar-refractivity contribution in [2.24, 2.45) is 17.8 Å². The van der Waals surface area contributed by atoms with E-state index in [1.807, 2.05) is 0 Å². The van der Waals surface area contributed by atoms with E-state index >= 15 is 0 Å². The van der Waals surface area contributed by atoms with Crippen molar-refractivity contribution >= 4 is 0 Å². The molecule has 2 heteroatoms. The predicted octanol–water partition coefficient (Wildman–Crippen LogP) is 3.15. The topological polar surface area (TPSA) is 6.48 Å². The van der Waals surface area contributed by atoms with Crippen molar-refractivity contribution in [1.29, 1.82) is 0 Å². The predicted molar refractivity (Wildman–Crippen MR) is 83.7 cm³/mol. The van der Waals surface area contributed by atoms with Crippen LogP contribution in [0.1, 0.15) is 44.9 Å². The molecule has 0 unspecified atom stereocenters. The normalized spacial score (nSPS) is 39.7. The molecule has 0 aromatic rings. The second-order valence-corrected chi connectivity index (χ2v) is 7.67. The average molecular weight is 274 g/mol. The zero-order valence-electron chi connectivity index (χ0n) is 12.8. The zero-order chi connectivity index (χ0) is 13.4. The molecule has 2 bridgehead atoms. The van der Waals surface area contributed by atoms with E-state index in [-0.39, 0.29) is 0 Å². The first-order valence-electron chi connectivity index (χ1n) is 9.03. The van der Waals surface area contributed by atoms with Crippen LogP contribution in [-0.4, -0.2) is 48.6 Å². The van der Waals surface area contributed by atoms with Crippen LogP contribution in [0.15, 0.2) is 12.2 Å². The molecule has 2 aliphatic carbocycles. The van der Waals surface area contributed by atoms with Gasteiger partial charge in [0.15, 0.2) is 0 Å². The summed E-state index contributed by atoms with van der Waals surface area (Å²) in [6.45, 7) is 6.86. The van der Waals surface area contributed by atoms with Crippen LogP contribution >= 0.6 is 0 Å². The fourth-order valence-electron chi connectivity index (χ4n) is 5.19. The Morgan fingerprint density at radius 1 is 0.850 bits per heavy atom. The van der Waals surface area contributed by atoms with Crippen molar-refractivity contribution in [3.8, 4) is 0 Å². The third-order valence-electron chi connectivity index (χ3n) is 6.37. The lowest BCUT2D eigenvalue weighted by atomic mass is 9.92. The molecule has 2 nitrogen and oxygen atoms in total. The summed E-state index contributed by atoms with van der Waals surface area (Å²) >= 11 is 0. The van der Waals surface area contributed by atoms with Gasteiger partial charge in [-0.1, -0.05) is 18.6 Å². The Morgan fingerprint density at radius 2 is 1.65 bits per heavy atom. The number of piperidine rings is 2. The number of hydrogen-bond acceptors (Lipinski definition) is 2. The quantitative estimate of drug-likeness (QED) is 0.730. The summed E-state index contributed by atoms with van der Waals surface area (Å²) in [4.78, 5) is 5.57. The first-order chi connectivity index (χ1) is 9.88. The summed E-state index contributed by atoms with van der Waals surface area (Å²) in [5.41, 5.74) is 0. The third-order valence-corrected chi connectivity index (χ3v) is 6.37. The molecule has 0 radical (unpaired) electrons. The molecule has 0 spiro atoms. The minimum atomic E-state index is 0.909. The van der Waals surface area contributed by atoms with Crippen molar-refractivity contribution in [3.63, 3.8) is 0 Å². The van der Waals surface area contributed by atoms with Gasteiger partial charge in [0.25, 0.3) is 0 Å². The Morgan fingerprint density at radius 3 is 2.30 bits per heavy atom. The Balaban J connectivity index is 1.24. The molecule has 1 saturated carbocycles. The van der Waals surface area contributed by atoms with E-state index in [1.54, 1.807) is 0 Å². The van der Waals surface area contributed by atoms with Gasteiger partial charge in [-0.25, -0.2) is 0 Å². The highest BCUT2D eigenvalue weighted by molar-refractivity contribution is 5.10. The molecule has 3 fully saturated rings. The van der Waals surface area contributed by atoms with Crippen LogP contribution in [0.4, 0.5) is 0 Å². The second kappa shape index (κ2) is 5.81. The van der Waals surface area contributed by atoms with E-state index in [0.29, 0.717) is 0 Å². The molecule has 20 heavy (non-hydrogen) atoms. The highest BCUT2D eigenvalue weighted by atomic mass is 15.2. The minimum Gasteiger partial charge on any atom is -0.303 e. The summed E-state index contributed by atoms with van der Waals surface area (Å²) in [6.07, 6.45) is 15.1. The molecular weight excluding hydrogens is 244 g/mol. The number of nitrogens with zero attached hydrogens (tertiary/aromatic N) is 2. The standard InChI is InChI=1S/C18H30N2/c1-2-8-20(9-3-1)18-6-10-19(11-7-18)14-17-13-15-4-5-16(17)12-15/h4-5,15-18H,1-3,6-14H2/t15-,16+,17-/m0/s1. The van der Waals surface area contributed by atoms with Crippen LogP contribution in [0.3, 0.4) is 0 Å². The highest BCUT2D eigenvalue weighted by Crippen LogP contribution is 2.43. The van der Waals surface area contributed by atoms with Gasteiger partial charge in [-0.2, -0.15) is 0 Å². The van der Waals surface area contributed by atoms with Gasteiger partial charge >= 0.3 is 0 Å². The fourth-order valence-corrected chi connectivity index (χ4v) is 5.19. The summed E-state index contributed by atoms with van der Waals surface area (Å²) in [5.74, 6) is 2.85. The van der Waals surface area contributed by atoms with Gasteiger partial charge in [-0.3, -0.25) is 0 Å². The zero-order valence-corrected chi connectivity index (χ0v) is 12.8. The molecule has 0 aromatic carbocycles. The molecule has 4 aliphatic rings. The minimum absolute atomic E-state index is 0.909. The van der Waals surface area contributed by atoms with Crippen LogP contribution in [0.2, 0.25) is 0 Å². The van der Waals surface area contributed by atoms with Gasteiger partial charge in [-0.15, -0.1) is 0 Å². The van der Waals surface area contributed by atoms with E-state index in [1.165, 1.54) is 77.7 Å². The number of rotatable bonds is 3. The maximum atomic E-state index is 2.79. The van der Waals surface area contributed by atoms with E-state index < -0.39 is 0 Å². The number of likely N-dealkylation sites (tertiary alicyclic amines) is 2. The Bertz CT molecular complexity index is 350. The lowest BCUT2D eigenvalue weighted by Crippen LogP contribution is -2.47. The number of hydrogen-bond donors (Lipinski definition) is 0. The Kier molecular flexibility index (Phi) is 3.87. The van der Waals surface area contributed by atoms with E-state index in [4.69, 9.17) is 0 Å². The molecular formula is C18H30N2. The molecule has 0 amide bonds. The molecule has 0 N–H and O–H groups in total. The first-order valence-corrected chi connectivity index (χ1v) is 9.03. The Hall–Kier alpha value is -0.340. The SMILES string of the molecule is C1=C[C@@H]2C[C@H]1C[C@H]2CN1CCC(N2CCCCC2)CC1. The average Bonchev–Trinajstić information content (AvgIpc) is 3.12. The molecule has 0 aromatic heterocycles. The van der Waals surface area contributed by atoms with E-state index in [0.717, 1.165) is 23.8 Å². The maximum absolute atomic E-state index is 2.79. The number of fused-ring (bicyclic) bond motifs is 2. The van der Waals surface area contributed by atoms with Crippen LogP contribution in [0, 0.1) is 17.8 Å². The van der Waals surface area contributed by atoms with Gasteiger partial charge in [-0.05, 0) is 82.5 Å². The fraction of sp³-hybridized carbons (Fsp3) is 0.889. The molecule has 4 rings (SSSR count). The summed E-state index contributed by atoms with van der Waals surface area (Å²) in [7, 11) is 0. The molecule has 3 atom stereocenters. The third kappa shape index (κ3) is 2.69. The summed E-state index contributed by atoms with van der Waals surface area (Å²) < 4.78 is 0. The van der Waals surface area contributed by atoms with Gasteiger partial charge in [0, 0.05) is 12.6 Å². The monoisotopic (exact) mass is 274 g/mol. The van der Waals surface area contributed by atoms with Crippen LogP contribution in [0.5, 0.6) is 0 Å². The number of allylic oxidation sites excluding steroid dienone is 2. The lowest BCUT2D eigenvalue weighted by Gasteiger charge is -2.41. The largest absolute Gasteiger partial charge is 0.303 e. The smallest absolute Gasteiger partial charge is 0.0120 e. The Labute approximate surface area is 124 Å². The van der Waals surface area contributed by atoms with Gasteiger partial charge in [0.05, 0.1) is 0 Å². The lowest BCUT2D eigenvalue weighted by molar-refractivity contribution is 0.0830. The van der Waals surface area contributed by atoms with Crippen molar-refractivity contribution in [2.45, 2.75) is 51.0 Å². The van der Waals surface area contributed by atoms with Crippen LogP contribution < -0.4 is 0 Å². The van der Waals surface area contributed by atoms with Crippen LogP contribution in [0.25, 0.3) is 0 Å². The van der Waals surface area contributed by atoms with Crippen molar-refractivity contribution in [3.05, 3.63) is 12.2 Å². The molecule has 2 aliphatic heterocycles. The maximum Gasteiger partial charge on any atom is 0.0120 e. The van der Waals surface area contributed by atoms with E-state index in [2.05, 4.69) is 22.0 Å². The molecule has 2 heterocycles. The molecule has 112 valence electrons.